The zero-order chi connectivity index (χ0) is 6.10. The van der Waals surface area contributed by atoms with Crippen LogP contribution in [0.3, 0.4) is 0 Å². The number of ether oxygens (including phenoxy) is 1. The van der Waals surface area contributed by atoms with Crippen LogP contribution in [0, 0.1) is 0 Å². The van der Waals surface area contributed by atoms with Crippen LogP contribution in [0.4, 0.5) is 0 Å². The highest BCUT2D eigenvalue weighted by Gasteiger charge is 2.20. The highest BCUT2D eigenvalue weighted by molar-refractivity contribution is 5.10. The summed E-state index contributed by atoms with van der Waals surface area (Å²) in [4.78, 5) is 4.96. The minimum atomic E-state index is 0.723. The van der Waals surface area contributed by atoms with Crippen molar-refractivity contribution in [2.24, 2.45) is 0 Å². The molecule has 1 N–H and O–H groups in total. The first kappa shape index (κ1) is 5.11. The van der Waals surface area contributed by atoms with Crippen molar-refractivity contribution in [1.29, 1.82) is 0 Å². The van der Waals surface area contributed by atoms with E-state index in [0.29, 0.717) is 0 Å². The molecule has 0 aromatic carbocycles. The number of hydroxylamine groups is 1. The van der Waals surface area contributed by atoms with Gasteiger partial charge < -0.3 is 9.57 Å². The Morgan fingerprint density at radius 1 is 1.44 bits per heavy atom. The SMILES string of the molecule is C1COC2=C(C1)CNO2. The molecule has 0 bridgehead atoms. The summed E-state index contributed by atoms with van der Waals surface area (Å²) in [5, 5.41) is 0. The summed E-state index contributed by atoms with van der Waals surface area (Å²) in [6.07, 6.45) is 2.26. The minimum absolute atomic E-state index is 0.723. The van der Waals surface area contributed by atoms with Gasteiger partial charge in [0.2, 0.25) is 0 Å². The third-order valence-electron chi connectivity index (χ3n) is 1.60. The summed E-state index contributed by atoms with van der Waals surface area (Å²) < 4.78 is 5.20. The highest BCUT2D eigenvalue weighted by atomic mass is 16.8. The number of rotatable bonds is 0. The van der Waals surface area contributed by atoms with Crippen molar-refractivity contribution in [3.8, 4) is 0 Å². The van der Waals surface area contributed by atoms with E-state index in [1.165, 1.54) is 5.57 Å². The standard InChI is InChI=1S/C6H9NO2/c1-2-5-4-7-9-6(5)8-3-1/h7H,1-4H2. The topological polar surface area (TPSA) is 30.5 Å². The number of nitrogens with one attached hydrogen (secondary N) is 1. The molecule has 9 heavy (non-hydrogen) atoms. The molecular weight excluding hydrogens is 118 g/mol. The lowest BCUT2D eigenvalue weighted by Crippen LogP contribution is -2.05. The van der Waals surface area contributed by atoms with Gasteiger partial charge in [-0.25, -0.2) is 0 Å². The summed E-state index contributed by atoms with van der Waals surface area (Å²) in [5.74, 6) is 0.723. The average molecular weight is 127 g/mol. The fraction of sp³-hybridized carbons (Fsp3) is 0.667. The lowest BCUT2D eigenvalue weighted by Gasteiger charge is -2.11. The molecule has 0 spiro atoms. The molecule has 2 aliphatic rings. The lowest BCUT2D eigenvalue weighted by atomic mass is 10.1. The van der Waals surface area contributed by atoms with Crippen LogP contribution in [0.25, 0.3) is 0 Å². The fourth-order valence-corrected chi connectivity index (χ4v) is 1.11. The second-order valence-corrected chi connectivity index (χ2v) is 2.27. The third-order valence-corrected chi connectivity index (χ3v) is 1.60. The van der Waals surface area contributed by atoms with Crippen molar-refractivity contribution in [2.45, 2.75) is 12.8 Å². The van der Waals surface area contributed by atoms with Gasteiger partial charge in [0.05, 0.1) is 13.2 Å². The molecule has 0 aliphatic carbocycles. The van der Waals surface area contributed by atoms with Crippen LogP contribution < -0.4 is 5.48 Å². The summed E-state index contributed by atoms with van der Waals surface area (Å²) >= 11 is 0. The molecule has 0 aromatic heterocycles. The lowest BCUT2D eigenvalue weighted by molar-refractivity contribution is 0.00114. The summed E-state index contributed by atoms with van der Waals surface area (Å²) in [7, 11) is 0. The molecule has 0 fully saturated rings. The maximum Gasteiger partial charge on any atom is 0.300 e. The van der Waals surface area contributed by atoms with Crippen molar-refractivity contribution in [2.75, 3.05) is 13.2 Å². The monoisotopic (exact) mass is 127 g/mol. The van der Waals surface area contributed by atoms with Gasteiger partial charge in [-0.1, -0.05) is 0 Å². The molecule has 3 heteroatoms. The smallest absolute Gasteiger partial charge is 0.300 e. The maximum absolute atomic E-state index is 5.20. The molecule has 0 radical (unpaired) electrons. The van der Waals surface area contributed by atoms with Gasteiger partial charge in [0.25, 0.3) is 5.95 Å². The molecule has 2 heterocycles. The van der Waals surface area contributed by atoms with E-state index in [9.17, 15) is 0 Å². The first-order valence-electron chi connectivity index (χ1n) is 3.21. The number of hydrogen-bond acceptors (Lipinski definition) is 3. The van der Waals surface area contributed by atoms with Crippen molar-refractivity contribution in [1.82, 2.24) is 5.48 Å². The molecule has 2 rings (SSSR count). The van der Waals surface area contributed by atoms with E-state index in [0.717, 1.165) is 31.9 Å². The van der Waals surface area contributed by atoms with Gasteiger partial charge in [-0.15, -0.1) is 5.48 Å². The Balaban J connectivity index is 2.17. The van der Waals surface area contributed by atoms with Crippen LogP contribution in [-0.4, -0.2) is 13.2 Å². The van der Waals surface area contributed by atoms with Gasteiger partial charge in [0, 0.05) is 5.57 Å². The maximum atomic E-state index is 5.20. The zero-order valence-electron chi connectivity index (χ0n) is 5.14. The van der Waals surface area contributed by atoms with Crippen LogP contribution in [0.2, 0.25) is 0 Å². The van der Waals surface area contributed by atoms with Crippen molar-refractivity contribution in [3.05, 3.63) is 11.5 Å². The number of hydrogen-bond donors (Lipinski definition) is 1. The average Bonchev–Trinajstić information content (AvgIpc) is 2.33. The van der Waals surface area contributed by atoms with Crippen LogP contribution >= 0.6 is 0 Å². The second-order valence-electron chi connectivity index (χ2n) is 2.27. The largest absolute Gasteiger partial charge is 0.464 e. The molecule has 0 saturated carbocycles. The van der Waals surface area contributed by atoms with Gasteiger partial charge in [-0.3, -0.25) is 0 Å². The van der Waals surface area contributed by atoms with Gasteiger partial charge in [-0.2, -0.15) is 0 Å². The van der Waals surface area contributed by atoms with Crippen LogP contribution in [-0.2, 0) is 9.57 Å². The summed E-state index contributed by atoms with van der Waals surface area (Å²) in [5.41, 5.74) is 4.04. The fourth-order valence-electron chi connectivity index (χ4n) is 1.11. The second kappa shape index (κ2) is 1.92. The van der Waals surface area contributed by atoms with Gasteiger partial charge in [-0.05, 0) is 12.8 Å². The molecule has 2 aliphatic heterocycles. The van der Waals surface area contributed by atoms with E-state index in [1.54, 1.807) is 0 Å². The van der Waals surface area contributed by atoms with Crippen molar-refractivity contribution >= 4 is 0 Å². The molecule has 0 unspecified atom stereocenters. The predicted molar refractivity (Wildman–Crippen MR) is 31.3 cm³/mol. The third kappa shape index (κ3) is 0.772. The van der Waals surface area contributed by atoms with Gasteiger partial charge in [0.1, 0.15) is 0 Å². The molecule has 0 atom stereocenters. The van der Waals surface area contributed by atoms with Crippen molar-refractivity contribution in [3.63, 3.8) is 0 Å². The van der Waals surface area contributed by atoms with Crippen LogP contribution in [0.1, 0.15) is 12.8 Å². The Hall–Kier alpha value is -0.700. The van der Waals surface area contributed by atoms with E-state index < -0.39 is 0 Å². The first-order valence-corrected chi connectivity index (χ1v) is 3.21. The Morgan fingerprint density at radius 3 is 3.33 bits per heavy atom. The Labute approximate surface area is 53.6 Å². The molecule has 50 valence electrons. The van der Waals surface area contributed by atoms with Crippen molar-refractivity contribution < 1.29 is 9.57 Å². The Bertz CT molecular complexity index is 137. The molecular formula is C6H9NO2. The molecule has 0 amide bonds. The van der Waals surface area contributed by atoms with E-state index in [2.05, 4.69) is 5.48 Å². The quantitative estimate of drug-likeness (QED) is 0.515. The van der Waals surface area contributed by atoms with Crippen LogP contribution in [0.15, 0.2) is 11.5 Å². The van der Waals surface area contributed by atoms with Crippen LogP contribution in [0.5, 0.6) is 0 Å². The Kier molecular flexibility index (Phi) is 1.09. The normalized spacial score (nSPS) is 24.9. The van der Waals surface area contributed by atoms with E-state index in [4.69, 9.17) is 9.57 Å². The highest BCUT2D eigenvalue weighted by Crippen LogP contribution is 2.21. The summed E-state index contributed by atoms with van der Waals surface area (Å²) in [6, 6.07) is 0. The summed E-state index contributed by atoms with van der Waals surface area (Å²) in [6.45, 7) is 1.65. The molecule has 0 saturated heterocycles. The van der Waals surface area contributed by atoms with Gasteiger partial charge in [0.15, 0.2) is 0 Å². The molecule has 3 nitrogen and oxygen atoms in total. The minimum Gasteiger partial charge on any atom is -0.464 e. The predicted octanol–water partition coefficient (Wildman–Crippen LogP) is 0.543. The first-order chi connectivity index (χ1) is 4.47. The zero-order valence-corrected chi connectivity index (χ0v) is 5.14. The van der Waals surface area contributed by atoms with Gasteiger partial charge >= 0.3 is 0 Å². The van der Waals surface area contributed by atoms with E-state index in [-0.39, 0.29) is 0 Å². The van der Waals surface area contributed by atoms with E-state index in [1.807, 2.05) is 0 Å². The Morgan fingerprint density at radius 2 is 2.44 bits per heavy atom. The van der Waals surface area contributed by atoms with E-state index >= 15 is 0 Å². The molecule has 0 aromatic rings.